The van der Waals surface area contributed by atoms with Crippen LogP contribution in [0.3, 0.4) is 0 Å². The second-order valence-corrected chi connectivity index (χ2v) is 7.43. The first-order valence-corrected chi connectivity index (χ1v) is 10.1. The van der Waals surface area contributed by atoms with Gasteiger partial charge in [-0.2, -0.15) is 13.8 Å². The Labute approximate surface area is 170 Å². The summed E-state index contributed by atoms with van der Waals surface area (Å²) in [5.41, 5.74) is 2.24. The van der Waals surface area contributed by atoms with Gasteiger partial charge in [-0.05, 0) is 31.0 Å². The summed E-state index contributed by atoms with van der Waals surface area (Å²) >= 11 is 1.15. The number of benzene rings is 1. The quantitative estimate of drug-likeness (QED) is 0.556. The summed E-state index contributed by atoms with van der Waals surface area (Å²) in [4.78, 5) is 23.8. The second kappa shape index (κ2) is 7.55. The van der Waals surface area contributed by atoms with Gasteiger partial charge >= 0.3 is 0 Å². The lowest BCUT2D eigenvalue weighted by Crippen LogP contribution is -2.41. The Morgan fingerprint density at radius 1 is 1.17 bits per heavy atom. The predicted molar refractivity (Wildman–Crippen MR) is 110 cm³/mol. The molecule has 0 spiro atoms. The third-order valence-electron chi connectivity index (χ3n) is 5.04. The summed E-state index contributed by atoms with van der Waals surface area (Å²) in [6.45, 7) is 1.46. The van der Waals surface area contributed by atoms with Crippen molar-refractivity contribution in [3.05, 3.63) is 49.1 Å². The van der Waals surface area contributed by atoms with Gasteiger partial charge in [0.1, 0.15) is 23.2 Å². The average molecular weight is 406 g/mol. The molecule has 0 radical (unpaired) electrons. The highest BCUT2D eigenvalue weighted by molar-refractivity contribution is 7.00. The number of carbonyl (C=O) groups is 1. The fourth-order valence-electron chi connectivity index (χ4n) is 3.58. The van der Waals surface area contributed by atoms with Crippen LogP contribution in [0.1, 0.15) is 12.8 Å². The number of nitrogens with one attached hydrogen (secondary N) is 1. The van der Waals surface area contributed by atoms with Gasteiger partial charge in [-0.15, -0.1) is 0 Å². The van der Waals surface area contributed by atoms with Gasteiger partial charge in [0.25, 0.3) is 0 Å². The lowest BCUT2D eigenvalue weighted by Gasteiger charge is -2.32. The molecule has 1 N–H and O–H groups in total. The molecule has 1 aliphatic heterocycles. The van der Waals surface area contributed by atoms with Crippen molar-refractivity contribution in [1.29, 1.82) is 0 Å². The molecule has 1 atom stereocenters. The van der Waals surface area contributed by atoms with Crippen LogP contribution in [0.25, 0.3) is 16.9 Å². The zero-order valence-electron chi connectivity index (χ0n) is 15.5. The standard InChI is InChI=1S/C19H18N8OS/c28-19(23-14-5-1-6-15-18(14)25-29-24-15)13-4-2-8-26(11-13)16-10-17(21-12-20-16)27-9-3-7-22-27/h1,3,5-7,9-10,12-13H,2,4,8,11H2,(H,23,28)/t13-/m1/s1. The Kier molecular flexibility index (Phi) is 4.60. The topological polar surface area (TPSA) is 102 Å². The van der Waals surface area contributed by atoms with Crippen LogP contribution in [0.5, 0.6) is 0 Å². The van der Waals surface area contributed by atoms with Gasteiger partial charge in [-0.1, -0.05) is 6.07 Å². The van der Waals surface area contributed by atoms with Crippen molar-refractivity contribution in [2.24, 2.45) is 5.92 Å². The monoisotopic (exact) mass is 406 g/mol. The lowest BCUT2D eigenvalue weighted by molar-refractivity contribution is -0.120. The summed E-state index contributed by atoms with van der Waals surface area (Å²) in [5, 5.41) is 7.25. The van der Waals surface area contributed by atoms with Crippen LogP contribution in [-0.4, -0.2) is 47.5 Å². The van der Waals surface area contributed by atoms with Crippen molar-refractivity contribution in [3.63, 3.8) is 0 Å². The van der Waals surface area contributed by atoms with Crippen LogP contribution in [-0.2, 0) is 4.79 Å². The maximum absolute atomic E-state index is 12.9. The smallest absolute Gasteiger partial charge is 0.229 e. The SMILES string of the molecule is O=C(Nc1cccc2nsnc12)[C@@H]1CCCN(c2cc(-n3cccn3)ncn2)C1. The molecule has 1 amide bonds. The largest absolute Gasteiger partial charge is 0.356 e. The number of piperidine rings is 1. The molecule has 3 aromatic heterocycles. The molecule has 1 fully saturated rings. The highest BCUT2D eigenvalue weighted by Gasteiger charge is 2.27. The molecule has 1 aromatic carbocycles. The molecule has 1 aliphatic rings. The number of amides is 1. The summed E-state index contributed by atoms with van der Waals surface area (Å²) in [6.07, 6.45) is 6.84. The Morgan fingerprint density at radius 3 is 3.00 bits per heavy atom. The van der Waals surface area contributed by atoms with E-state index in [1.165, 1.54) is 6.33 Å². The maximum Gasteiger partial charge on any atom is 0.229 e. The minimum atomic E-state index is -0.131. The van der Waals surface area contributed by atoms with E-state index in [1.807, 2.05) is 36.5 Å². The van der Waals surface area contributed by atoms with Gasteiger partial charge in [0, 0.05) is 31.5 Å². The number of rotatable bonds is 4. The van der Waals surface area contributed by atoms with Crippen LogP contribution >= 0.6 is 11.7 Å². The summed E-state index contributed by atoms with van der Waals surface area (Å²) in [5.74, 6) is 1.37. The van der Waals surface area contributed by atoms with Crippen molar-refractivity contribution >= 4 is 40.2 Å². The number of fused-ring (bicyclic) bond motifs is 1. The van der Waals surface area contributed by atoms with Gasteiger partial charge in [0.15, 0.2) is 5.82 Å². The van der Waals surface area contributed by atoms with E-state index in [9.17, 15) is 4.79 Å². The molecule has 4 heterocycles. The van der Waals surface area contributed by atoms with Gasteiger partial charge < -0.3 is 10.2 Å². The molecule has 146 valence electrons. The third kappa shape index (κ3) is 3.54. The van der Waals surface area contributed by atoms with E-state index in [0.29, 0.717) is 18.1 Å². The number of hydrogen-bond donors (Lipinski definition) is 1. The van der Waals surface area contributed by atoms with Crippen molar-refractivity contribution < 1.29 is 4.79 Å². The number of aromatic nitrogens is 6. The molecule has 0 saturated carbocycles. The Balaban J connectivity index is 1.32. The lowest BCUT2D eigenvalue weighted by atomic mass is 9.97. The zero-order chi connectivity index (χ0) is 19.6. The fraction of sp³-hybridized carbons (Fsp3) is 0.263. The van der Waals surface area contributed by atoms with E-state index in [1.54, 1.807) is 10.9 Å². The third-order valence-corrected chi connectivity index (χ3v) is 5.58. The van der Waals surface area contributed by atoms with Crippen molar-refractivity contribution in [2.75, 3.05) is 23.3 Å². The Hall–Kier alpha value is -3.40. The number of anilines is 2. The maximum atomic E-state index is 12.9. The van der Waals surface area contributed by atoms with Gasteiger partial charge in [-0.25, -0.2) is 14.6 Å². The van der Waals surface area contributed by atoms with Gasteiger partial charge in [0.05, 0.1) is 23.3 Å². The molecule has 0 aliphatic carbocycles. The number of carbonyl (C=O) groups excluding carboxylic acids is 1. The van der Waals surface area contributed by atoms with Gasteiger partial charge in [0.2, 0.25) is 5.91 Å². The molecule has 1 saturated heterocycles. The molecule has 4 aromatic rings. The van der Waals surface area contributed by atoms with E-state index >= 15 is 0 Å². The molecule has 0 bridgehead atoms. The van der Waals surface area contributed by atoms with Crippen LogP contribution in [0.4, 0.5) is 11.5 Å². The average Bonchev–Trinajstić information content (AvgIpc) is 3.46. The van der Waals surface area contributed by atoms with E-state index in [0.717, 1.165) is 48.0 Å². The molecule has 0 unspecified atom stereocenters. The van der Waals surface area contributed by atoms with E-state index in [2.05, 4.69) is 34.0 Å². The van der Waals surface area contributed by atoms with E-state index in [4.69, 9.17) is 0 Å². The van der Waals surface area contributed by atoms with Crippen LogP contribution < -0.4 is 10.2 Å². The Bertz CT molecular complexity index is 1140. The van der Waals surface area contributed by atoms with Crippen molar-refractivity contribution in [3.8, 4) is 5.82 Å². The first-order chi connectivity index (χ1) is 14.3. The van der Waals surface area contributed by atoms with Crippen LogP contribution in [0.15, 0.2) is 49.1 Å². The normalized spacial score (nSPS) is 16.8. The van der Waals surface area contributed by atoms with Crippen LogP contribution in [0, 0.1) is 5.92 Å². The first kappa shape index (κ1) is 17.7. The summed E-state index contributed by atoms with van der Waals surface area (Å²) in [6, 6.07) is 9.38. The van der Waals surface area contributed by atoms with Gasteiger partial charge in [-0.3, -0.25) is 4.79 Å². The van der Waals surface area contributed by atoms with E-state index in [-0.39, 0.29) is 11.8 Å². The predicted octanol–water partition coefficient (Wildman–Crippen LogP) is 2.52. The van der Waals surface area contributed by atoms with Crippen LogP contribution in [0.2, 0.25) is 0 Å². The second-order valence-electron chi connectivity index (χ2n) is 6.90. The minimum Gasteiger partial charge on any atom is -0.356 e. The summed E-state index contributed by atoms with van der Waals surface area (Å²) < 4.78 is 10.2. The van der Waals surface area contributed by atoms with Crippen molar-refractivity contribution in [1.82, 2.24) is 28.5 Å². The molecule has 10 heteroatoms. The Morgan fingerprint density at radius 2 is 2.10 bits per heavy atom. The molecular weight excluding hydrogens is 388 g/mol. The molecule has 9 nitrogen and oxygen atoms in total. The highest BCUT2D eigenvalue weighted by atomic mass is 32.1. The fourth-order valence-corrected chi connectivity index (χ4v) is 4.13. The van der Waals surface area contributed by atoms with Crippen molar-refractivity contribution in [2.45, 2.75) is 12.8 Å². The molecular formula is C19H18N8OS. The van der Waals surface area contributed by atoms with E-state index < -0.39 is 0 Å². The minimum absolute atomic E-state index is 0.00319. The summed E-state index contributed by atoms with van der Waals surface area (Å²) in [7, 11) is 0. The molecule has 29 heavy (non-hydrogen) atoms. The number of nitrogens with zero attached hydrogens (tertiary/aromatic N) is 7. The first-order valence-electron chi connectivity index (χ1n) is 9.37. The zero-order valence-corrected chi connectivity index (χ0v) is 16.3. The highest BCUT2D eigenvalue weighted by Crippen LogP contribution is 2.26. The molecule has 5 rings (SSSR count). The number of hydrogen-bond acceptors (Lipinski definition) is 8.